The Morgan fingerprint density at radius 3 is 2.94 bits per heavy atom. The lowest BCUT2D eigenvalue weighted by atomic mass is 10.1. The van der Waals surface area contributed by atoms with Crippen molar-refractivity contribution in [3.05, 3.63) is 22.6 Å². The van der Waals surface area contributed by atoms with Gasteiger partial charge in [-0.25, -0.2) is 4.98 Å². The Kier molecular flexibility index (Phi) is 2.91. The van der Waals surface area contributed by atoms with Gasteiger partial charge in [0.15, 0.2) is 0 Å². The monoisotopic (exact) mass is 260 g/mol. The van der Waals surface area contributed by atoms with Gasteiger partial charge in [0.25, 0.3) is 0 Å². The molecule has 0 spiro atoms. The van der Waals surface area contributed by atoms with E-state index in [-0.39, 0.29) is 0 Å². The van der Waals surface area contributed by atoms with Gasteiger partial charge in [-0.2, -0.15) is 4.98 Å². The van der Waals surface area contributed by atoms with Crippen LogP contribution in [-0.4, -0.2) is 16.5 Å². The Morgan fingerprint density at radius 2 is 2.17 bits per heavy atom. The van der Waals surface area contributed by atoms with Gasteiger partial charge in [-0.1, -0.05) is 0 Å². The molecule has 1 aliphatic rings. The van der Waals surface area contributed by atoms with Gasteiger partial charge in [0.1, 0.15) is 5.82 Å². The molecular weight excluding hydrogens is 244 g/mol. The fraction of sp³-hybridized carbons (Fsp3) is 0.385. The lowest BCUT2D eigenvalue weighted by molar-refractivity contribution is 0.785. The van der Waals surface area contributed by atoms with Crippen LogP contribution in [0.2, 0.25) is 0 Å². The zero-order valence-electron chi connectivity index (χ0n) is 10.4. The minimum atomic E-state index is 0.351. The number of anilines is 2. The van der Waals surface area contributed by atoms with Gasteiger partial charge in [-0.15, -0.1) is 11.3 Å². The molecule has 1 aliphatic heterocycles. The number of aromatic nitrogens is 2. The molecule has 0 bridgehead atoms. The van der Waals surface area contributed by atoms with Crippen LogP contribution in [0, 0.1) is 6.92 Å². The predicted molar refractivity (Wildman–Crippen MR) is 75.9 cm³/mol. The molecule has 2 aromatic rings. The van der Waals surface area contributed by atoms with Crippen LogP contribution < -0.4 is 11.1 Å². The quantitative estimate of drug-likeness (QED) is 0.827. The third-order valence-corrected chi connectivity index (χ3v) is 4.15. The van der Waals surface area contributed by atoms with Crippen LogP contribution in [0.15, 0.2) is 12.1 Å². The van der Waals surface area contributed by atoms with Crippen molar-refractivity contribution >= 4 is 23.1 Å². The minimum absolute atomic E-state index is 0.351. The van der Waals surface area contributed by atoms with E-state index in [1.807, 2.05) is 0 Å². The SMILES string of the molecule is Cc1ccc(-c2nc(N)nc3c2CCCCN3)s1. The Hall–Kier alpha value is -1.62. The van der Waals surface area contributed by atoms with Gasteiger partial charge >= 0.3 is 0 Å². The van der Waals surface area contributed by atoms with E-state index in [9.17, 15) is 0 Å². The third kappa shape index (κ3) is 2.06. The molecule has 0 saturated heterocycles. The first-order chi connectivity index (χ1) is 8.74. The number of nitrogens with one attached hydrogen (secondary N) is 1. The average molecular weight is 260 g/mol. The van der Waals surface area contributed by atoms with Crippen molar-refractivity contribution < 1.29 is 0 Å². The van der Waals surface area contributed by atoms with Crippen molar-refractivity contribution in [3.63, 3.8) is 0 Å². The fourth-order valence-corrected chi connectivity index (χ4v) is 3.17. The summed E-state index contributed by atoms with van der Waals surface area (Å²) in [4.78, 5) is 11.2. The molecule has 0 saturated carbocycles. The van der Waals surface area contributed by atoms with Gasteiger partial charge < -0.3 is 11.1 Å². The number of thiophene rings is 1. The summed E-state index contributed by atoms with van der Waals surface area (Å²) in [5, 5.41) is 3.36. The highest BCUT2D eigenvalue weighted by Crippen LogP contribution is 2.34. The first-order valence-electron chi connectivity index (χ1n) is 6.21. The van der Waals surface area contributed by atoms with Crippen molar-refractivity contribution in [2.75, 3.05) is 17.6 Å². The first kappa shape index (κ1) is 11.5. The van der Waals surface area contributed by atoms with E-state index in [4.69, 9.17) is 5.73 Å². The smallest absolute Gasteiger partial charge is 0.222 e. The zero-order chi connectivity index (χ0) is 12.5. The number of nitrogens with zero attached hydrogens (tertiary/aromatic N) is 2. The van der Waals surface area contributed by atoms with Crippen LogP contribution in [0.4, 0.5) is 11.8 Å². The lowest BCUT2D eigenvalue weighted by Crippen LogP contribution is -2.07. The van der Waals surface area contributed by atoms with Crippen LogP contribution in [0.5, 0.6) is 0 Å². The molecule has 5 heteroatoms. The van der Waals surface area contributed by atoms with Gasteiger partial charge in [0.2, 0.25) is 5.95 Å². The van der Waals surface area contributed by atoms with Gasteiger partial charge in [-0.05, 0) is 38.3 Å². The van der Waals surface area contributed by atoms with Crippen LogP contribution in [-0.2, 0) is 6.42 Å². The summed E-state index contributed by atoms with van der Waals surface area (Å²) in [5.74, 6) is 1.27. The van der Waals surface area contributed by atoms with Crippen molar-refractivity contribution in [1.29, 1.82) is 0 Å². The minimum Gasteiger partial charge on any atom is -0.370 e. The number of nitrogens with two attached hydrogens (primary N) is 1. The molecule has 2 aromatic heterocycles. The van der Waals surface area contributed by atoms with Crippen molar-refractivity contribution in [2.24, 2.45) is 0 Å². The van der Waals surface area contributed by atoms with Gasteiger partial charge in [-0.3, -0.25) is 0 Å². The predicted octanol–water partition coefficient (Wildman–Crippen LogP) is 2.84. The Balaban J connectivity index is 2.16. The molecule has 0 atom stereocenters. The molecule has 4 nitrogen and oxygen atoms in total. The largest absolute Gasteiger partial charge is 0.370 e. The van der Waals surface area contributed by atoms with Crippen molar-refractivity contribution in [3.8, 4) is 10.6 Å². The van der Waals surface area contributed by atoms with E-state index >= 15 is 0 Å². The highest BCUT2D eigenvalue weighted by Gasteiger charge is 2.17. The molecule has 3 heterocycles. The molecular formula is C13H16N4S. The molecule has 0 aliphatic carbocycles. The molecule has 3 rings (SSSR count). The number of nitrogen functional groups attached to an aromatic ring is 1. The third-order valence-electron chi connectivity index (χ3n) is 3.14. The Bertz CT molecular complexity index is 576. The number of rotatable bonds is 1. The topological polar surface area (TPSA) is 63.8 Å². The Morgan fingerprint density at radius 1 is 1.28 bits per heavy atom. The van der Waals surface area contributed by atoms with Gasteiger partial charge in [0.05, 0.1) is 10.6 Å². The molecule has 3 N–H and O–H groups in total. The summed E-state index contributed by atoms with van der Waals surface area (Å²) < 4.78 is 0. The van der Waals surface area contributed by atoms with Crippen LogP contribution in [0.25, 0.3) is 10.6 Å². The highest BCUT2D eigenvalue weighted by atomic mass is 32.1. The second-order valence-electron chi connectivity index (χ2n) is 4.55. The zero-order valence-corrected chi connectivity index (χ0v) is 11.2. The Labute approximate surface area is 110 Å². The molecule has 0 aromatic carbocycles. The number of fused-ring (bicyclic) bond motifs is 1. The van der Waals surface area contributed by atoms with Crippen molar-refractivity contribution in [2.45, 2.75) is 26.2 Å². The van der Waals surface area contributed by atoms with Crippen LogP contribution >= 0.6 is 11.3 Å². The highest BCUT2D eigenvalue weighted by molar-refractivity contribution is 7.15. The molecule has 18 heavy (non-hydrogen) atoms. The molecule has 94 valence electrons. The lowest BCUT2D eigenvalue weighted by Gasteiger charge is -2.11. The maximum absolute atomic E-state index is 5.82. The average Bonchev–Trinajstić information content (AvgIpc) is 2.63. The maximum atomic E-state index is 5.82. The summed E-state index contributed by atoms with van der Waals surface area (Å²) in [7, 11) is 0. The van der Waals surface area contributed by atoms with Gasteiger partial charge in [0, 0.05) is 17.0 Å². The summed E-state index contributed by atoms with van der Waals surface area (Å²) >= 11 is 1.76. The number of hydrogen-bond donors (Lipinski definition) is 2. The van der Waals surface area contributed by atoms with E-state index in [1.54, 1.807) is 11.3 Å². The van der Waals surface area contributed by atoms with Crippen molar-refractivity contribution in [1.82, 2.24) is 9.97 Å². The molecule has 0 radical (unpaired) electrons. The molecule has 0 unspecified atom stereocenters. The van der Waals surface area contributed by atoms with E-state index in [2.05, 4.69) is 34.3 Å². The van der Waals surface area contributed by atoms with E-state index in [0.717, 1.165) is 24.5 Å². The van der Waals surface area contributed by atoms with Crippen LogP contribution in [0.1, 0.15) is 23.3 Å². The standard InChI is InChI=1S/C13H16N4S/c1-8-5-6-10(18-8)11-9-4-2-3-7-15-12(9)17-13(14)16-11/h5-6H,2-4,7H2,1H3,(H3,14,15,16,17). The fourth-order valence-electron chi connectivity index (χ4n) is 2.28. The summed E-state index contributed by atoms with van der Waals surface area (Å²) in [6.07, 6.45) is 3.36. The molecule has 0 fully saturated rings. The normalized spacial score (nSPS) is 14.7. The van der Waals surface area contributed by atoms with Crippen LogP contribution in [0.3, 0.4) is 0 Å². The second-order valence-corrected chi connectivity index (χ2v) is 5.84. The number of hydrogen-bond acceptors (Lipinski definition) is 5. The summed E-state index contributed by atoms with van der Waals surface area (Å²) in [6.45, 7) is 3.07. The summed E-state index contributed by atoms with van der Waals surface area (Å²) in [6, 6.07) is 4.24. The van der Waals surface area contributed by atoms with E-state index in [1.165, 1.54) is 28.2 Å². The maximum Gasteiger partial charge on any atom is 0.222 e. The molecule has 0 amide bonds. The second kappa shape index (κ2) is 4.57. The first-order valence-corrected chi connectivity index (χ1v) is 7.03. The van der Waals surface area contributed by atoms with E-state index < -0.39 is 0 Å². The van der Waals surface area contributed by atoms with E-state index in [0.29, 0.717) is 5.95 Å². The number of aryl methyl sites for hydroxylation is 1. The summed E-state index contributed by atoms with van der Waals surface area (Å²) in [5.41, 5.74) is 8.04.